The van der Waals surface area contributed by atoms with Crippen LogP contribution in [0, 0.1) is 5.82 Å². The summed E-state index contributed by atoms with van der Waals surface area (Å²) in [4.78, 5) is 48.6. The third-order valence-electron chi connectivity index (χ3n) is 6.58. The summed E-state index contributed by atoms with van der Waals surface area (Å²) in [5.74, 6) is -2.40. The molecule has 2 aromatic carbocycles. The summed E-state index contributed by atoms with van der Waals surface area (Å²) in [6, 6.07) is 7.58. The molecule has 2 aliphatic rings. The molecule has 3 N–H and O–H groups in total. The monoisotopic (exact) mass is 653 g/mol. The first-order valence-electron chi connectivity index (χ1n) is 13.7. The van der Waals surface area contributed by atoms with E-state index in [-0.39, 0.29) is 21.4 Å². The molecular formula is C29H33ClFN3O9S. The molecule has 0 saturated carbocycles. The van der Waals surface area contributed by atoms with Crippen LogP contribution >= 0.6 is 11.6 Å². The first kappa shape index (κ1) is 34.3. The molecule has 0 spiro atoms. The number of anilines is 2. The van der Waals surface area contributed by atoms with Gasteiger partial charge < -0.3 is 19.9 Å². The van der Waals surface area contributed by atoms with E-state index >= 15 is 0 Å². The molecule has 15 heteroatoms. The van der Waals surface area contributed by atoms with Gasteiger partial charge in [0, 0.05) is 22.9 Å². The van der Waals surface area contributed by atoms with E-state index in [0.717, 1.165) is 50.2 Å². The molecule has 44 heavy (non-hydrogen) atoms. The predicted molar refractivity (Wildman–Crippen MR) is 159 cm³/mol. The van der Waals surface area contributed by atoms with E-state index in [4.69, 9.17) is 26.8 Å². The zero-order chi connectivity index (χ0) is 32.4. The summed E-state index contributed by atoms with van der Waals surface area (Å²) in [6.45, 7) is 1.93. The number of nitrogen functional groups attached to an aromatic ring is 1. The lowest BCUT2D eigenvalue weighted by molar-refractivity contribution is -0.146. The second-order valence-electron chi connectivity index (χ2n) is 9.73. The van der Waals surface area contributed by atoms with Crippen LogP contribution in [0.15, 0.2) is 52.4 Å². The highest BCUT2D eigenvalue weighted by atomic mass is 35.5. The van der Waals surface area contributed by atoms with Gasteiger partial charge in [-0.2, -0.15) is 0 Å². The Labute approximate surface area is 259 Å². The fourth-order valence-corrected chi connectivity index (χ4v) is 5.45. The van der Waals surface area contributed by atoms with Gasteiger partial charge in [-0.25, -0.2) is 32.0 Å². The van der Waals surface area contributed by atoms with Crippen molar-refractivity contribution in [1.82, 2.24) is 4.72 Å². The van der Waals surface area contributed by atoms with Gasteiger partial charge in [0.1, 0.15) is 11.6 Å². The topological polar surface area (TPSA) is 171 Å². The number of methoxy groups -OCH3 is 1. The standard InChI is InChI=1S/C21H23ClFNO5.C8H10N2O4S/c1-2-3-6-9-28-19(25)12-29-18-11-17(16(23)10-15(18)22)24-20(26)13-7-4-5-8-14(13)21(24)27;1-14-8(11)10-15(12,13)7-4-2-6(9)3-5-7/h10-11H,2-9,12H2,1H3;2-5H,9H2,1H3,(H,10,11). The summed E-state index contributed by atoms with van der Waals surface area (Å²) >= 11 is 6.02. The number of unbranched alkanes of at least 4 members (excludes halogenated alkanes) is 2. The van der Waals surface area contributed by atoms with E-state index in [1.54, 1.807) is 4.72 Å². The van der Waals surface area contributed by atoms with Crippen LogP contribution in [0.1, 0.15) is 51.9 Å². The van der Waals surface area contributed by atoms with Crippen molar-refractivity contribution in [2.24, 2.45) is 0 Å². The maximum Gasteiger partial charge on any atom is 0.420 e. The average Bonchev–Trinajstić information content (AvgIpc) is 3.24. The Morgan fingerprint density at radius 3 is 2.23 bits per heavy atom. The van der Waals surface area contributed by atoms with Crippen molar-refractivity contribution < 1.29 is 46.2 Å². The molecule has 0 unspecified atom stereocenters. The van der Waals surface area contributed by atoms with Crippen molar-refractivity contribution in [3.05, 3.63) is 58.4 Å². The highest BCUT2D eigenvalue weighted by Crippen LogP contribution is 2.39. The van der Waals surface area contributed by atoms with Gasteiger partial charge in [0.2, 0.25) is 0 Å². The van der Waals surface area contributed by atoms with Crippen LogP contribution in [0.25, 0.3) is 0 Å². The van der Waals surface area contributed by atoms with Gasteiger partial charge in [0.15, 0.2) is 6.61 Å². The van der Waals surface area contributed by atoms with Crippen molar-refractivity contribution in [3.63, 3.8) is 0 Å². The SMILES string of the molecule is CCCCCOC(=O)COc1cc(N2C(=O)C3=C(CCCC3)C2=O)c(F)cc1Cl.COC(=O)NS(=O)(=O)c1ccc(N)cc1. The Bertz CT molecular complexity index is 1520. The zero-order valence-electron chi connectivity index (χ0n) is 24.2. The molecule has 0 aromatic heterocycles. The number of halogens is 2. The van der Waals surface area contributed by atoms with Gasteiger partial charge in [-0.15, -0.1) is 0 Å². The smallest absolute Gasteiger partial charge is 0.420 e. The summed E-state index contributed by atoms with van der Waals surface area (Å²) in [5.41, 5.74) is 6.50. The third-order valence-corrected chi connectivity index (χ3v) is 8.21. The average molecular weight is 654 g/mol. The number of benzene rings is 2. The first-order valence-corrected chi connectivity index (χ1v) is 15.6. The number of sulfonamides is 1. The van der Waals surface area contributed by atoms with Crippen LogP contribution in [0.4, 0.5) is 20.6 Å². The van der Waals surface area contributed by atoms with Crippen molar-refractivity contribution in [1.29, 1.82) is 0 Å². The van der Waals surface area contributed by atoms with E-state index in [1.807, 2.05) is 6.92 Å². The van der Waals surface area contributed by atoms with Gasteiger partial charge in [0.05, 0.1) is 29.3 Å². The van der Waals surface area contributed by atoms with E-state index in [0.29, 0.717) is 36.3 Å². The Hall–Kier alpha value is -4.17. The number of amides is 3. The quantitative estimate of drug-likeness (QED) is 0.159. The lowest BCUT2D eigenvalue weighted by Gasteiger charge is -2.18. The van der Waals surface area contributed by atoms with E-state index in [9.17, 15) is 32.0 Å². The number of nitrogens with zero attached hydrogens (tertiary/aromatic N) is 1. The Morgan fingerprint density at radius 2 is 1.66 bits per heavy atom. The first-order chi connectivity index (χ1) is 20.9. The number of hydrogen-bond donors (Lipinski definition) is 2. The number of ether oxygens (including phenoxy) is 3. The lowest BCUT2D eigenvalue weighted by atomic mass is 9.93. The number of nitrogens with two attached hydrogens (primary N) is 1. The van der Waals surface area contributed by atoms with Crippen LogP contribution < -0.4 is 20.1 Å². The van der Waals surface area contributed by atoms with E-state index in [2.05, 4.69) is 4.74 Å². The Balaban J connectivity index is 0.000000297. The van der Waals surface area contributed by atoms with Crippen molar-refractivity contribution in [2.75, 3.05) is 31.0 Å². The minimum Gasteiger partial charge on any atom is -0.480 e. The molecular weight excluding hydrogens is 621 g/mol. The summed E-state index contributed by atoms with van der Waals surface area (Å²) in [5, 5.41) is -0.0677. The van der Waals surface area contributed by atoms with E-state index in [1.165, 1.54) is 30.3 Å². The normalized spacial score (nSPS) is 14.4. The Morgan fingerprint density at radius 1 is 1.05 bits per heavy atom. The van der Waals surface area contributed by atoms with Crippen molar-refractivity contribution in [2.45, 2.75) is 56.8 Å². The second-order valence-corrected chi connectivity index (χ2v) is 11.8. The fourth-order valence-electron chi connectivity index (χ4n) is 4.33. The van der Waals surface area contributed by atoms with Gasteiger partial charge >= 0.3 is 12.1 Å². The largest absolute Gasteiger partial charge is 0.480 e. The van der Waals surface area contributed by atoms with Crippen LogP contribution in [0.2, 0.25) is 5.02 Å². The van der Waals surface area contributed by atoms with Gasteiger partial charge in [-0.3, -0.25) is 9.59 Å². The number of hydrogen-bond acceptors (Lipinski definition) is 10. The number of rotatable bonds is 10. The molecule has 1 aliphatic heterocycles. The van der Waals surface area contributed by atoms with Crippen LogP contribution in [0.3, 0.4) is 0 Å². The van der Waals surface area contributed by atoms with Crippen LogP contribution in [-0.4, -0.2) is 52.6 Å². The van der Waals surface area contributed by atoms with Crippen molar-refractivity contribution in [3.8, 4) is 5.75 Å². The molecule has 3 amide bonds. The fraction of sp³-hybridized carbons (Fsp3) is 0.379. The van der Waals surface area contributed by atoms with Gasteiger partial charge in [-0.1, -0.05) is 31.4 Å². The highest BCUT2D eigenvalue weighted by molar-refractivity contribution is 7.90. The molecule has 0 atom stereocenters. The lowest BCUT2D eigenvalue weighted by Crippen LogP contribution is -2.32. The molecule has 0 saturated heterocycles. The number of imide groups is 1. The zero-order valence-corrected chi connectivity index (χ0v) is 25.8. The summed E-state index contributed by atoms with van der Waals surface area (Å²) in [6.07, 6.45) is 4.36. The maximum atomic E-state index is 14.5. The minimum absolute atomic E-state index is 0.000883. The molecule has 0 fully saturated rings. The van der Waals surface area contributed by atoms with Crippen molar-refractivity contribution >= 4 is 56.9 Å². The number of nitrogens with one attached hydrogen (secondary N) is 1. The maximum absolute atomic E-state index is 14.5. The molecule has 1 aliphatic carbocycles. The molecule has 1 heterocycles. The molecule has 238 valence electrons. The number of carbonyl (C=O) groups is 4. The molecule has 4 rings (SSSR count). The second kappa shape index (κ2) is 15.5. The van der Waals surface area contributed by atoms with Crippen LogP contribution in [0.5, 0.6) is 5.75 Å². The van der Waals surface area contributed by atoms with Gasteiger partial charge in [0.25, 0.3) is 21.8 Å². The third kappa shape index (κ3) is 8.69. The van der Waals surface area contributed by atoms with Crippen LogP contribution in [-0.2, 0) is 33.9 Å². The highest BCUT2D eigenvalue weighted by Gasteiger charge is 2.41. The molecule has 2 aromatic rings. The van der Waals surface area contributed by atoms with Gasteiger partial charge in [-0.05, 0) is 62.4 Å². The Kier molecular flexibility index (Phi) is 12.1. The minimum atomic E-state index is -3.87. The summed E-state index contributed by atoms with van der Waals surface area (Å²) < 4.78 is 53.8. The molecule has 0 bridgehead atoms. The summed E-state index contributed by atoms with van der Waals surface area (Å²) in [7, 11) is -2.79. The molecule has 12 nitrogen and oxygen atoms in total. The predicted octanol–water partition coefficient (Wildman–Crippen LogP) is 4.65. The number of carbonyl (C=O) groups excluding carboxylic acids is 4. The van der Waals surface area contributed by atoms with E-state index < -0.39 is 46.3 Å². The molecule has 0 radical (unpaired) electrons. The number of esters is 1.